The molecule has 0 spiro atoms. The Bertz CT molecular complexity index is 3740. The first-order valence-corrected chi connectivity index (χ1v) is 41.4. The smallest absolute Gasteiger partial charge is 0.430 e. The van der Waals surface area contributed by atoms with E-state index in [1.54, 1.807) is 0 Å². The van der Waals surface area contributed by atoms with Gasteiger partial charge in [0.15, 0.2) is 19.7 Å². The minimum atomic E-state index is -6.21. The third kappa shape index (κ3) is 17.3. The maximum absolute atomic E-state index is 14.5. The number of esters is 2. The zero-order valence-electron chi connectivity index (χ0n) is 54.5. The molecule has 0 radical (unpaired) electrons. The van der Waals surface area contributed by atoms with Gasteiger partial charge in [-0.15, -0.1) is 0 Å². The maximum Gasteiger partial charge on any atom is 0.430 e. The molecule has 2 saturated carbocycles. The van der Waals surface area contributed by atoms with Crippen LogP contribution >= 0.6 is 0 Å². The van der Waals surface area contributed by atoms with E-state index in [-0.39, 0.29) is 85.5 Å². The van der Waals surface area contributed by atoms with Gasteiger partial charge in [0.25, 0.3) is 11.2 Å². The lowest BCUT2D eigenvalue weighted by Crippen LogP contribution is -2.56. The van der Waals surface area contributed by atoms with Crippen molar-refractivity contribution in [2.45, 2.75) is 171 Å². The van der Waals surface area contributed by atoms with Crippen LogP contribution in [0.1, 0.15) is 84.7 Å². The van der Waals surface area contributed by atoms with Crippen LogP contribution < -0.4 is 0 Å². The number of carbonyl (C=O) groups is 2. The van der Waals surface area contributed by atoms with Crippen molar-refractivity contribution in [3.63, 3.8) is 0 Å². The van der Waals surface area contributed by atoms with E-state index in [1.165, 1.54) is 0 Å². The highest BCUT2D eigenvalue weighted by Crippen LogP contribution is 2.58. The normalized spacial score (nSPS) is 19.1. The van der Waals surface area contributed by atoms with Gasteiger partial charge in [0.1, 0.15) is 44.4 Å². The maximum atomic E-state index is 14.5. The van der Waals surface area contributed by atoms with Crippen molar-refractivity contribution in [3.05, 3.63) is 202 Å². The quantitative estimate of drug-likeness (QED) is 0.0249. The Morgan fingerprint density at radius 3 is 0.970 bits per heavy atom. The lowest BCUT2D eigenvalue weighted by Gasteiger charge is -2.38. The summed E-state index contributed by atoms with van der Waals surface area (Å²) in [6.45, 7) is 9.35. The summed E-state index contributed by atoms with van der Waals surface area (Å²) < 4.78 is 331. The minimum Gasteiger partial charge on any atom is -0.466 e. The van der Waals surface area contributed by atoms with Crippen molar-refractivity contribution < 1.29 is 124 Å². The molecule has 0 heterocycles. The molecule has 0 saturated heterocycles. The summed E-state index contributed by atoms with van der Waals surface area (Å²) in [6, 6.07) is 18.0. The van der Waals surface area contributed by atoms with Crippen molar-refractivity contribution in [1.29, 1.82) is 0 Å². The fourth-order valence-electron chi connectivity index (χ4n) is 12.3. The topological polar surface area (TPSA) is 139 Å². The fraction of sp³-hybridized carbons (Fsp3) is 0.441. The Kier molecular flexibility index (Phi) is 24.4. The lowest BCUT2D eigenvalue weighted by atomic mass is 9.88. The predicted octanol–water partition coefficient (Wildman–Crippen LogP) is 18.8. The third-order valence-corrected chi connectivity index (χ3v) is 26.3. The molecule has 100 heavy (non-hydrogen) atoms. The SMILES string of the molecule is C[Si](C)(C)CCOC(=O)CC1CCC(c2ccc(C(OCc3c(F)cccc3F)(C(F)(F)F)C(F)(F)F)cc2)(S(=O)(=O)c2ccc(F)cc2)C1.C[Si](C)(C)CCOC(=O)CC1CCC(c2ccc(C(OCc3c(F)cccc3F)(C(F)(F)F)C(F)(F)F)cc2)(S(=O)(=O)c2ccc(F)cc2)C1. The van der Waals surface area contributed by atoms with Gasteiger partial charge in [0, 0.05) is 51.2 Å². The van der Waals surface area contributed by atoms with E-state index in [4.69, 9.17) is 9.47 Å². The second-order valence-corrected chi connectivity index (χ2v) is 42.8. The van der Waals surface area contributed by atoms with Gasteiger partial charge < -0.3 is 18.9 Å². The van der Waals surface area contributed by atoms with Gasteiger partial charge in [-0.1, -0.05) is 99.9 Å². The molecule has 0 N–H and O–H groups in total. The molecular weight excluding hydrogens is 1440 g/mol. The number of halogens is 18. The summed E-state index contributed by atoms with van der Waals surface area (Å²) in [4.78, 5) is 24.6. The number of rotatable bonds is 24. The van der Waals surface area contributed by atoms with Crippen molar-refractivity contribution >= 4 is 47.8 Å². The van der Waals surface area contributed by atoms with Crippen LogP contribution in [0.15, 0.2) is 143 Å². The standard InChI is InChI=1S/2C34H35F9O5SSi/c2*1-50(2,3)18-17-47-30(44)19-22-15-16-31(20-22,49(45,46)26-13-11-25(35)12-14-26)23-7-9-24(10-8-23)32(33(38,39)40,34(41,42)43)48-21-27-28(36)5-4-6-29(27)37/h2*4-14,22H,15-21H2,1-3H3. The van der Waals surface area contributed by atoms with Gasteiger partial charge in [-0.2, -0.15) is 52.7 Å². The molecule has 10 nitrogen and oxygen atoms in total. The summed E-state index contributed by atoms with van der Waals surface area (Å²) in [5, 5.41) is 0. The number of ether oxygens (including phenoxy) is 4. The molecule has 8 rings (SSSR count). The zero-order chi connectivity index (χ0) is 74.7. The molecule has 2 aliphatic carbocycles. The molecule has 0 bridgehead atoms. The van der Waals surface area contributed by atoms with Gasteiger partial charge >= 0.3 is 36.6 Å². The number of carbonyl (C=O) groups excluding carboxylic acids is 2. The van der Waals surface area contributed by atoms with Crippen LogP contribution in [0.25, 0.3) is 0 Å². The third-order valence-electron chi connectivity index (χ3n) is 17.8. The van der Waals surface area contributed by atoms with Gasteiger partial charge in [-0.05, 0) is 146 Å². The molecule has 4 unspecified atom stereocenters. The number of hydrogen-bond donors (Lipinski definition) is 0. The van der Waals surface area contributed by atoms with Crippen LogP contribution in [0.4, 0.5) is 79.0 Å². The van der Waals surface area contributed by atoms with E-state index in [1.807, 2.05) is 0 Å². The second-order valence-electron chi connectivity index (χ2n) is 27.1. The second kappa shape index (κ2) is 30.3. The highest BCUT2D eigenvalue weighted by Gasteiger charge is 2.75. The highest BCUT2D eigenvalue weighted by molar-refractivity contribution is 7.92. The average molecular weight is 1510 g/mol. The van der Waals surface area contributed by atoms with Crippen LogP contribution in [0, 0.1) is 46.7 Å². The van der Waals surface area contributed by atoms with Crippen LogP contribution in [0.2, 0.25) is 51.4 Å². The summed E-state index contributed by atoms with van der Waals surface area (Å²) >= 11 is 0. The number of alkyl halides is 12. The van der Waals surface area contributed by atoms with Crippen molar-refractivity contribution in [2.75, 3.05) is 13.2 Å². The van der Waals surface area contributed by atoms with E-state index in [0.29, 0.717) is 60.6 Å². The molecule has 32 heteroatoms. The summed E-state index contributed by atoms with van der Waals surface area (Å²) in [7, 11) is -12.1. The molecular formula is C68H70F18O10S2Si2. The minimum absolute atomic E-state index is 0.137. The monoisotopic (exact) mass is 1510 g/mol. The van der Waals surface area contributed by atoms with Crippen LogP contribution in [0.5, 0.6) is 0 Å². The number of hydrogen-bond acceptors (Lipinski definition) is 10. The van der Waals surface area contributed by atoms with Gasteiger partial charge in [-0.3, -0.25) is 9.59 Å². The lowest BCUT2D eigenvalue weighted by molar-refractivity contribution is -0.393. The fourth-order valence-corrected chi connectivity index (χ4v) is 18.2. The van der Waals surface area contributed by atoms with Gasteiger partial charge in [0.05, 0.1) is 36.2 Å². The van der Waals surface area contributed by atoms with Crippen molar-refractivity contribution in [3.8, 4) is 0 Å². The molecule has 0 amide bonds. The van der Waals surface area contributed by atoms with Crippen molar-refractivity contribution in [1.82, 2.24) is 0 Å². The molecule has 0 aliphatic heterocycles. The summed E-state index contributed by atoms with van der Waals surface area (Å²) in [5.41, 5.74) is -15.9. The highest BCUT2D eigenvalue weighted by atomic mass is 32.2. The Balaban J connectivity index is 0.000000281. The Hall–Kier alpha value is -6.75. The largest absolute Gasteiger partial charge is 0.466 e. The van der Waals surface area contributed by atoms with Gasteiger partial charge in [-0.25, -0.2) is 43.2 Å². The first-order chi connectivity index (χ1) is 46.1. The van der Waals surface area contributed by atoms with E-state index < -0.39 is 175 Å². The van der Waals surface area contributed by atoms with Crippen LogP contribution in [0.3, 0.4) is 0 Å². The van der Waals surface area contributed by atoms with Crippen molar-refractivity contribution in [2.24, 2.45) is 11.8 Å². The summed E-state index contributed by atoms with van der Waals surface area (Å²) in [6.07, 6.45) is -25.8. The first-order valence-electron chi connectivity index (χ1n) is 31.0. The molecule has 6 aromatic carbocycles. The van der Waals surface area contributed by atoms with E-state index in [0.717, 1.165) is 84.9 Å². The molecule has 4 atom stereocenters. The molecule has 6 aromatic rings. The average Bonchev–Trinajstić information content (AvgIpc) is 0.834. The van der Waals surface area contributed by atoms with Crippen LogP contribution in [-0.2, 0) is 82.1 Å². The summed E-state index contributed by atoms with van der Waals surface area (Å²) in [5.74, 6) is -9.56. The molecule has 2 fully saturated rings. The van der Waals surface area contributed by atoms with E-state index in [2.05, 4.69) is 48.8 Å². The predicted molar refractivity (Wildman–Crippen MR) is 335 cm³/mol. The number of sulfone groups is 2. The Morgan fingerprint density at radius 2 is 0.710 bits per heavy atom. The molecule has 548 valence electrons. The Labute approximate surface area is 567 Å². The van der Waals surface area contributed by atoms with E-state index in [9.17, 15) is 105 Å². The zero-order valence-corrected chi connectivity index (χ0v) is 58.1. The molecule has 0 aromatic heterocycles. The molecule has 2 aliphatic rings. The van der Waals surface area contributed by atoms with Crippen LogP contribution in [-0.4, -0.2) is 82.8 Å². The first kappa shape index (κ1) is 80.6. The number of benzene rings is 6. The van der Waals surface area contributed by atoms with Gasteiger partial charge in [0.2, 0.25) is 0 Å². The Morgan fingerprint density at radius 1 is 0.430 bits per heavy atom. The van der Waals surface area contributed by atoms with E-state index >= 15 is 0 Å².